The van der Waals surface area contributed by atoms with Gasteiger partial charge in [0.15, 0.2) is 0 Å². The number of rotatable bonds is 2. The van der Waals surface area contributed by atoms with Crippen LogP contribution in [-0.4, -0.2) is 19.7 Å². The third kappa shape index (κ3) is 2.52. The Balaban J connectivity index is 1.63. The number of benzene rings is 2. The van der Waals surface area contributed by atoms with Crippen LogP contribution in [0.5, 0.6) is 5.75 Å². The highest BCUT2D eigenvalue weighted by atomic mass is 19.1. The van der Waals surface area contributed by atoms with Gasteiger partial charge in [0, 0.05) is 23.5 Å². The number of pyridine rings is 1. The fraction of sp³-hybridized carbons (Fsp3) is 0.0870. The van der Waals surface area contributed by atoms with Gasteiger partial charge in [0.2, 0.25) is 5.95 Å². The second-order valence-electron chi connectivity index (χ2n) is 7.21. The third-order valence-electron chi connectivity index (χ3n) is 5.52. The van der Waals surface area contributed by atoms with Gasteiger partial charge in [0.1, 0.15) is 30.0 Å². The topological polar surface area (TPSA) is 64.9 Å². The van der Waals surface area contributed by atoms with Crippen molar-refractivity contribution in [1.29, 1.82) is 0 Å². The summed E-state index contributed by atoms with van der Waals surface area (Å²) in [6, 6.07) is 18.0. The largest absolute Gasteiger partial charge is 0.480 e. The van der Waals surface area contributed by atoms with Crippen LogP contribution in [0.3, 0.4) is 0 Å². The van der Waals surface area contributed by atoms with E-state index in [1.54, 1.807) is 24.5 Å². The second-order valence-corrected chi connectivity index (χ2v) is 7.21. The molecule has 0 radical (unpaired) electrons. The summed E-state index contributed by atoms with van der Waals surface area (Å²) in [6.45, 7) is 0. The summed E-state index contributed by atoms with van der Waals surface area (Å²) in [5, 5.41) is 7.90. The molecule has 30 heavy (non-hydrogen) atoms. The summed E-state index contributed by atoms with van der Waals surface area (Å²) < 4.78 is 22.0. The average Bonchev–Trinajstić information content (AvgIpc) is 3.27. The molecule has 0 saturated heterocycles. The van der Waals surface area contributed by atoms with E-state index < -0.39 is 0 Å². The second kappa shape index (κ2) is 6.52. The molecule has 0 unspecified atom stereocenters. The van der Waals surface area contributed by atoms with E-state index in [0.29, 0.717) is 5.95 Å². The molecule has 2 atom stereocenters. The molecule has 6 nitrogen and oxygen atoms in total. The normalized spacial score (nSPS) is 19.2. The number of anilines is 1. The van der Waals surface area contributed by atoms with Crippen LogP contribution in [0.4, 0.5) is 10.3 Å². The summed E-state index contributed by atoms with van der Waals surface area (Å²) >= 11 is 0. The number of hydrogen-bond donors (Lipinski definition) is 1. The zero-order valence-corrected chi connectivity index (χ0v) is 15.7. The SMILES string of the molecule is Fc1ccc([C@@H]2C3=C(Nc4ncnn42)c2ccccc2O[C@@H]3c2ccncc2)cc1. The van der Waals surface area contributed by atoms with Crippen LogP contribution in [0.25, 0.3) is 5.70 Å². The number of nitrogens with one attached hydrogen (secondary N) is 1. The molecule has 0 saturated carbocycles. The monoisotopic (exact) mass is 397 g/mol. The molecule has 0 bridgehead atoms. The van der Waals surface area contributed by atoms with E-state index in [2.05, 4.69) is 20.4 Å². The first-order chi connectivity index (χ1) is 14.8. The van der Waals surface area contributed by atoms with Gasteiger partial charge in [-0.25, -0.2) is 9.07 Å². The fourth-order valence-corrected chi connectivity index (χ4v) is 4.20. The number of nitrogens with zero attached hydrogens (tertiary/aromatic N) is 4. The number of ether oxygens (including phenoxy) is 1. The molecule has 1 N–H and O–H groups in total. The van der Waals surface area contributed by atoms with E-state index in [4.69, 9.17) is 4.74 Å². The highest BCUT2D eigenvalue weighted by molar-refractivity contribution is 5.85. The van der Waals surface area contributed by atoms with Gasteiger partial charge in [-0.15, -0.1) is 0 Å². The van der Waals surface area contributed by atoms with Gasteiger partial charge >= 0.3 is 0 Å². The highest BCUT2D eigenvalue weighted by Gasteiger charge is 2.40. The minimum Gasteiger partial charge on any atom is -0.480 e. The van der Waals surface area contributed by atoms with Crippen molar-refractivity contribution in [3.8, 4) is 5.75 Å². The first-order valence-corrected chi connectivity index (χ1v) is 9.61. The molecular weight excluding hydrogens is 381 g/mol. The first kappa shape index (κ1) is 16.9. The predicted octanol–water partition coefficient (Wildman–Crippen LogP) is 4.37. The lowest BCUT2D eigenvalue weighted by atomic mass is 9.85. The van der Waals surface area contributed by atoms with Crippen molar-refractivity contribution in [2.24, 2.45) is 0 Å². The molecule has 146 valence electrons. The van der Waals surface area contributed by atoms with E-state index in [1.807, 2.05) is 41.1 Å². The average molecular weight is 397 g/mol. The molecule has 6 rings (SSSR count). The van der Waals surface area contributed by atoms with Gasteiger partial charge in [-0.2, -0.15) is 10.1 Å². The van der Waals surface area contributed by atoms with Gasteiger partial charge in [-0.1, -0.05) is 24.3 Å². The zero-order chi connectivity index (χ0) is 20.1. The molecule has 0 fully saturated rings. The Bertz CT molecular complexity index is 1270. The Kier molecular flexibility index (Phi) is 3.67. The first-order valence-electron chi connectivity index (χ1n) is 9.61. The third-order valence-corrected chi connectivity index (χ3v) is 5.52. The number of fused-ring (bicyclic) bond motifs is 3. The van der Waals surface area contributed by atoms with Crippen molar-refractivity contribution in [2.45, 2.75) is 12.1 Å². The highest BCUT2D eigenvalue weighted by Crippen LogP contribution is 2.50. The fourth-order valence-electron chi connectivity index (χ4n) is 4.20. The Morgan fingerprint density at radius 2 is 1.73 bits per heavy atom. The molecule has 2 aliphatic heterocycles. The lowest BCUT2D eigenvalue weighted by molar-refractivity contribution is 0.223. The minimum absolute atomic E-state index is 0.281. The number of hydrogen-bond acceptors (Lipinski definition) is 5. The molecule has 2 aromatic heterocycles. The zero-order valence-electron chi connectivity index (χ0n) is 15.7. The maximum Gasteiger partial charge on any atom is 0.226 e. The van der Waals surface area contributed by atoms with Crippen LogP contribution < -0.4 is 10.1 Å². The maximum absolute atomic E-state index is 13.7. The van der Waals surface area contributed by atoms with E-state index >= 15 is 0 Å². The summed E-state index contributed by atoms with van der Waals surface area (Å²) in [5.74, 6) is 1.14. The Morgan fingerprint density at radius 1 is 0.933 bits per heavy atom. The molecule has 0 aliphatic carbocycles. The quantitative estimate of drug-likeness (QED) is 0.544. The van der Waals surface area contributed by atoms with Crippen LogP contribution in [0.2, 0.25) is 0 Å². The lowest BCUT2D eigenvalue weighted by Crippen LogP contribution is -2.32. The molecule has 4 heterocycles. The molecule has 7 heteroatoms. The molecular formula is C23H16FN5O. The van der Waals surface area contributed by atoms with Gasteiger partial charge in [0.25, 0.3) is 0 Å². The van der Waals surface area contributed by atoms with Crippen molar-refractivity contribution >= 4 is 11.6 Å². The van der Waals surface area contributed by atoms with Crippen molar-refractivity contribution < 1.29 is 9.13 Å². The lowest BCUT2D eigenvalue weighted by Gasteiger charge is -2.38. The van der Waals surface area contributed by atoms with Crippen LogP contribution in [0, 0.1) is 5.82 Å². The Hall–Kier alpha value is -4.00. The summed E-state index contributed by atoms with van der Waals surface area (Å²) in [6.07, 6.45) is 4.66. The van der Waals surface area contributed by atoms with Crippen molar-refractivity contribution in [3.63, 3.8) is 0 Å². The van der Waals surface area contributed by atoms with E-state index in [9.17, 15) is 4.39 Å². The van der Waals surface area contributed by atoms with Gasteiger partial charge in [0.05, 0.1) is 5.70 Å². The smallest absolute Gasteiger partial charge is 0.226 e. The molecule has 0 spiro atoms. The Morgan fingerprint density at radius 3 is 2.57 bits per heavy atom. The summed E-state index contributed by atoms with van der Waals surface area (Å²) in [7, 11) is 0. The molecule has 4 aromatic rings. The maximum atomic E-state index is 13.7. The number of aromatic nitrogens is 4. The van der Waals surface area contributed by atoms with Crippen LogP contribution in [-0.2, 0) is 0 Å². The van der Waals surface area contributed by atoms with Gasteiger partial charge in [-0.3, -0.25) is 4.98 Å². The van der Waals surface area contributed by atoms with E-state index in [1.165, 1.54) is 18.5 Å². The van der Waals surface area contributed by atoms with E-state index in [-0.39, 0.29) is 18.0 Å². The Labute approximate surface area is 171 Å². The number of halogens is 1. The number of para-hydroxylation sites is 1. The van der Waals surface area contributed by atoms with Crippen molar-refractivity contribution in [2.75, 3.05) is 5.32 Å². The molecule has 0 amide bonds. The summed E-state index contributed by atoms with van der Waals surface area (Å²) in [4.78, 5) is 8.54. The van der Waals surface area contributed by atoms with E-state index in [0.717, 1.165) is 33.7 Å². The van der Waals surface area contributed by atoms with Crippen LogP contribution >= 0.6 is 0 Å². The van der Waals surface area contributed by atoms with Gasteiger partial charge in [-0.05, 0) is 47.5 Å². The minimum atomic E-state index is -0.363. The van der Waals surface area contributed by atoms with Crippen molar-refractivity contribution in [1.82, 2.24) is 19.7 Å². The standard InChI is InChI=1S/C23H16FN5O/c24-16-7-5-14(6-8-16)21-19-20(28-23-26-13-27-29(21)23)17-3-1-2-4-18(17)30-22(19)15-9-11-25-12-10-15/h1-13,21-22H,(H,26,27,28)/t21-,22-/m1/s1. The van der Waals surface area contributed by atoms with Crippen LogP contribution in [0.1, 0.15) is 28.8 Å². The summed E-state index contributed by atoms with van der Waals surface area (Å²) in [5.41, 5.74) is 4.76. The molecule has 2 aromatic carbocycles. The van der Waals surface area contributed by atoms with Crippen molar-refractivity contribution in [3.05, 3.63) is 107 Å². The van der Waals surface area contributed by atoms with Crippen LogP contribution in [0.15, 0.2) is 85.0 Å². The predicted molar refractivity (Wildman–Crippen MR) is 109 cm³/mol. The molecule has 2 aliphatic rings. The van der Waals surface area contributed by atoms with Gasteiger partial charge < -0.3 is 10.1 Å².